The third-order valence-electron chi connectivity index (χ3n) is 5.76. The summed E-state index contributed by atoms with van der Waals surface area (Å²) in [5.74, 6) is 1.19. The molecule has 0 radical (unpaired) electrons. The zero-order valence-electron chi connectivity index (χ0n) is 13.6. The highest BCUT2D eigenvalue weighted by Gasteiger charge is 2.35. The van der Waals surface area contributed by atoms with Crippen LogP contribution >= 0.6 is 0 Å². The van der Waals surface area contributed by atoms with Crippen LogP contribution in [0.1, 0.15) is 71.1 Å². The fourth-order valence-electron chi connectivity index (χ4n) is 3.99. The SMILES string of the molecule is CNC1(CC(=O)N(C)C2CCC(C)CC2)CCCCC1. The van der Waals surface area contributed by atoms with Gasteiger partial charge in [-0.3, -0.25) is 4.79 Å². The summed E-state index contributed by atoms with van der Waals surface area (Å²) in [6.45, 7) is 2.33. The molecule has 20 heavy (non-hydrogen) atoms. The molecule has 0 atom stereocenters. The van der Waals surface area contributed by atoms with Crippen LogP contribution in [-0.4, -0.2) is 36.5 Å². The molecule has 0 spiro atoms. The summed E-state index contributed by atoms with van der Waals surface area (Å²) in [7, 11) is 4.05. The minimum atomic E-state index is 0.0750. The molecule has 0 saturated heterocycles. The second kappa shape index (κ2) is 6.93. The van der Waals surface area contributed by atoms with E-state index >= 15 is 0 Å². The number of hydrogen-bond donors (Lipinski definition) is 1. The number of hydrogen-bond acceptors (Lipinski definition) is 2. The average molecular weight is 280 g/mol. The molecule has 2 saturated carbocycles. The Morgan fingerprint density at radius 3 is 2.30 bits per heavy atom. The van der Waals surface area contributed by atoms with E-state index in [1.807, 2.05) is 14.1 Å². The van der Waals surface area contributed by atoms with E-state index in [0.717, 1.165) is 18.8 Å². The van der Waals surface area contributed by atoms with Gasteiger partial charge in [0.15, 0.2) is 0 Å². The first kappa shape index (κ1) is 15.8. The maximum Gasteiger partial charge on any atom is 0.224 e. The van der Waals surface area contributed by atoms with Crippen LogP contribution in [0.3, 0.4) is 0 Å². The first-order chi connectivity index (χ1) is 9.56. The first-order valence-electron chi connectivity index (χ1n) is 8.51. The van der Waals surface area contributed by atoms with E-state index in [-0.39, 0.29) is 5.54 Å². The van der Waals surface area contributed by atoms with Gasteiger partial charge in [-0.25, -0.2) is 0 Å². The van der Waals surface area contributed by atoms with Crippen LogP contribution in [0, 0.1) is 5.92 Å². The Morgan fingerprint density at radius 2 is 1.75 bits per heavy atom. The highest BCUT2D eigenvalue weighted by atomic mass is 16.2. The summed E-state index contributed by atoms with van der Waals surface area (Å²) in [6, 6.07) is 0.483. The van der Waals surface area contributed by atoms with Crippen molar-refractivity contribution < 1.29 is 4.79 Å². The minimum Gasteiger partial charge on any atom is -0.343 e. The monoisotopic (exact) mass is 280 g/mol. The maximum absolute atomic E-state index is 12.6. The number of amides is 1. The number of rotatable bonds is 4. The Hall–Kier alpha value is -0.570. The Kier molecular flexibility index (Phi) is 5.48. The lowest BCUT2D eigenvalue weighted by Crippen LogP contribution is -2.50. The molecule has 0 aromatic heterocycles. The van der Waals surface area contributed by atoms with Crippen molar-refractivity contribution in [3.63, 3.8) is 0 Å². The third kappa shape index (κ3) is 3.75. The predicted octanol–water partition coefficient (Wildman–Crippen LogP) is 3.34. The largest absolute Gasteiger partial charge is 0.343 e. The standard InChI is InChI=1S/C17H32N2O/c1-14-7-9-15(10-8-14)19(3)16(20)13-17(18-2)11-5-4-6-12-17/h14-15,18H,4-13H2,1-3H3. The minimum absolute atomic E-state index is 0.0750. The summed E-state index contributed by atoms with van der Waals surface area (Å²) in [5, 5.41) is 3.47. The predicted molar refractivity (Wildman–Crippen MR) is 83.7 cm³/mol. The third-order valence-corrected chi connectivity index (χ3v) is 5.76. The molecule has 3 heteroatoms. The topological polar surface area (TPSA) is 32.3 Å². The van der Waals surface area contributed by atoms with E-state index in [0.29, 0.717) is 18.4 Å². The molecule has 1 amide bonds. The van der Waals surface area contributed by atoms with Crippen LogP contribution in [0.2, 0.25) is 0 Å². The van der Waals surface area contributed by atoms with Gasteiger partial charge in [-0.2, -0.15) is 0 Å². The lowest BCUT2D eigenvalue weighted by atomic mass is 9.78. The lowest BCUT2D eigenvalue weighted by Gasteiger charge is -2.40. The second-order valence-electron chi connectivity index (χ2n) is 7.19. The van der Waals surface area contributed by atoms with Gasteiger partial charge in [-0.15, -0.1) is 0 Å². The van der Waals surface area contributed by atoms with Crippen LogP contribution < -0.4 is 5.32 Å². The van der Waals surface area contributed by atoms with Crippen LogP contribution in [-0.2, 0) is 4.79 Å². The van der Waals surface area contributed by atoms with Crippen molar-refractivity contribution in [1.29, 1.82) is 0 Å². The van der Waals surface area contributed by atoms with Crippen molar-refractivity contribution in [2.45, 2.75) is 82.7 Å². The average Bonchev–Trinajstić information content (AvgIpc) is 2.48. The fraction of sp³-hybridized carbons (Fsp3) is 0.941. The van der Waals surface area contributed by atoms with Crippen molar-refractivity contribution in [3.05, 3.63) is 0 Å². The molecule has 0 bridgehead atoms. The summed E-state index contributed by atoms with van der Waals surface area (Å²) >= 11 is 0. The highest BCUT2D eigenvalue weighted by Crippen LogP contribution is 2.32. The van der Waals surface area contributed by atoms with E-state index in [9.17, 15) is 4.79 Å². The van der Waals surface area contributed by atoms with Crippen molar-refractivity contribution in [2.75, 3.05) is 14.1 Å². The summed E-state index contributed by atoms with van der Waals surface area (Å²) < 4.78 is 0. The van der Waals surface area contributed by atoms with Crippen molar-refractivity contribution in [3.8, 4) is 0 Å². The van der Waals surface area contributed by atoms with Gasteiger partial charge in [0.1, 0.15) is 0 Å². The molecule has 0 unspecified atom stereocenters. The Morgan fingerprint density at radius 1 is 1.15 bits per heavy atom. The number of nitrogens with one attached hydrogen (secondary N) is 1. The highest BCUT2D eigenvalue weighted by molar-refractivity contribution is 5.77. The zero-order chi connectivity index (χ0) is 14.6. The van der Waals surface area contributed by atoms with Gasteiger partial charge in [-0.1, -0.05) is 26.2 Å². The van der Waals surface area contributed by atoms with Crippen LogP contribution in [0.4, 0.5) is 0 Å². The van der Waals surface area contributed by atoms with Crippen molar-refractivity contribution in [1.82, 2.24) is 10.2 Å². The maximum atomic E-state index is 12.6. The van der Waals surface area contributed by atoms with Crippen molar-refractivity contribution in [2.24, 2.45) is 5.92 Å². The van der Waals surface area contributed by atoms with Gasteiger partial charge in [0, 0.05) is 25.0 Å². The van der Waals surface area contributed by atoms with Crippen LogP contribution in [0.5, 0.6) is 0 Å². The molecule has 0 heterocycles. The molecule has 0 aromatic rings. The quantitative estimate of drug-likeness (QED) is 0.856. The molecule has 2 aliphatic carbocycles. The summed E-state index contributed by atoms with van der Waals surface area (Å²) in [4.78, 5) is 14.7. The molecule has 2 aliphatic rings. The lowest BCUT2D eigenvalue weighted by molar-refractivity contribution is -0.134. The molecule has 1 N–H and O–H groups in total. The van der Waals surface area contributed by atoms with Crippen LogP contribution in [0.15, 0.2) is 0 Å². The number of nitrogens with zero attached hydrogens (tertiary/aromatic N) is 1. The molecular weight excluding hydrogens is 248 g/mol. The second-order valence-corrected chi connectivity index (χ2v) is 7.19. The van der Waals surface area contributed by atoms with Gasteiger partial charge in [0.25, 0.3) is 0 Å². The van der Waals surface area contributed by atoms with E-state index in [1.165, 1.54) is 44.9 Å². The normalized spacial score (nSPS) is 29.9. The van der Waals surface area contributed by atoms with E-state index in [1.54, 1.807) is 0 Å². The molecular formula is C17H32N2O. The molecule has 2 fully saturated rings. The zero-order valence-corrected chi connectivity index (χ0v) is 13.6. The Bertz CT molecular complexity index is 315. The van der Waals surface area contributed by atoms with E-state index < -0.39 is 0 Å². The molecule has 2 rings (SSSR count). The van der Waals surface area contributed by atoms with Gasteiger partial charge in [0.05, 0.1) is 0 Å². The van der Waals surface area contributed by atoms with E-state index in [2.05, 4.69) is 17.1 Å². The first-order valence-corrected chi connectivity index (χ1v) is 8.51. The van der Waals surface area contributed by atoms with Gasteiger partial charge >= 0.3 is 0 Å². The molecule has 3 nitrogen and oxygen atoms in total. The molecule has 0 aromatic carbocycles. The fourth-order valence-corrected chi connectivity index (χ4v) is 3.99. The number of carbonyl (C=O) groups is 1. The van der Waals surface area contributed by atoms with Crippen molar-refractivity contribution >= 4 is 5.91 Å². The smallest absolute Gasteiger partial charge is 0.224 e. The Balaban J connectivity index is 1.89. The van der Waals surface area contributed by atoms with Gasteiger partial charge in [-0.05, 0) is 51.5 Å². The Labute approximate surface area is 124 Å². The van der Waals surface area contributed by atoms with E-state index in [4.69, 9.17) is 0 Å². The molecule has 0 aliphatic heterocycles. The molecule has 116 valence electrons. The van der Waals surface area contributed by atoms with Crippen LogP contribution in [0.25, 0.3) is 0 Å². The van der Waals surface area contributed by atoms with Gasteiger partial charge in [0.2, 0.25) is 5.91 Å². The summed E-state index contributed by atoms with van der Waals surface area (Å²) in [5.41, 5.74) is 0.0750. The number of carbonyl (C=O) groups excluding carboxylic acids is 1. The summed E-state index contributed by atoms with van der Waals surface area (Å²) in [6.07, 6.45) is 11.8. The van der Waals surface area contributed by atoms with Gasteiger partial charge < -0.3 is 10.2 Å².